The van der Waals surface area contributed by atoms with Gasteiger partial charge in [-0.05, 0) is 25.6 Å². The number of rotatable bonds is 4. The average Bonchev–Trinajstić information content (AvgIpc) is 2.80. The summed E-state index contributed by atoms with van der Waals surface area (Å²) in [6.45, 7) is 3.79. The quantitative estimate of drug-likeness (QED) is 0.903. The van der Waals surface area contributed by atoms with Gasteiger partial charge in [-0.1, -0.05) is 23.7 Å². The lowest BCUT2D eigenvalue weighted by Gasteiger charge is -2.08. The number of benzene rings is 1. The molecule has 0 saturated heterocycles. The summed E-state index contributed by atoms with van der Waals surface area (Å²) >= 11 is 6.24. The van der Waals surface area contributed by atoms with Gasteiger partial charge in [-0.25, -0.2) is 4.98 Å². The van der Waals surface area contributed by atoms with Crippen LogP contribution in [0.2, 0.25) is 5.02 Å². The molecule has 0 aliphatic rings. The van der Waals surface area contributed by atoms with E-state index in [2.05, 4.69) is 27.9 Å². The maximum Gasteiger partial charge on any atom is 0.139 e. The second-order valence-electron chi connectivity index (χ2n) is 3.87. The second-order valence-corrected chi connectivity index (χ2v) is 4.28. The van der Waals surface area contributed by atoms with E-state index in [9.17, 15) is 0 Å². The summed E-state index contributed by atoms with van der Waals surface area (Å²) in [6.07, 6.45) is 3.79. The number of aromatic nitrogens is 2. The van der Waals surface area contributed by atoms with Crippen LogP contribution in [-0.4, -0.2) is 16.6 Å². The van der Waals surface area contributed by atoms with Crippen molar-refractivity contribution < 1.29 is 0 Å². The van der Waals surface area contributed by atoms with Crippen molar-refractivity contribution in [3.05, 3.63) is 41.2 Å². The molecule has 0 saturated carbocycles. The van der Waals surface area contributed by atoms with Crippen molar-refractivity contribution in [2.45, 2.75) is 20.0 Å². The lowest BCUT2D eigenvalue weighted by Crippen LogP contribution is -2.05. The van der Waals surface area contributed by atoms with E-state index in [1.165, 1.54) is 0 Å². The topological polar surface area (TPSA) is 29.9 Å². The Bertz CT molecular complexity index is 505. The molecule has 0 spiro atoms. The van der Waals surface area contributed by atoms with Gasteiger partial charge in [0.05, 0.1) is 0 Å². The van der Waals surface area contributed by atoms with E-state index in [1.54, 1.807) is 0 Å². The van der Waals surface area contributed by atoms with Gasteiger partial charge in [0.2, 0.25) is 0 Å². The zero-order valence-electron chi connectivity index (χ0n) is 10.1. The van der Waals surface area contributed by atoms with Crippen LogP contribution in [-0.2, 0) is 13.1 Å². The van der Waals surface area contributed by atoms with Gasteiger partial charge in [-0.2, -0.15) is 0 Å². The minimum Gasteiger partial charge on any atom is -0.331 e. The van der Waals surface area contributed by atoms with Gasteiger partial charge < -0.3 is 9.88 Å². The molecule has 0 aliphatic carbocycles. The minimum absolute atomic E-state index is 0.779. The minimum atomic E-state index is 0.779. The third kappa shape index (κ3) is 2.51. The Morgan fingerprint density at radius 2 is 2.24 bits per heavy atom. The summed E-state index contributed by atoms with van der Waals surface area (Å²) < 4.78 is 2.10. The fourth-order valence-electron chi connectivity index (χ4n) is 1.84. The highest BCUT2D eigenvalue weighted by atomic mass is 35.5. The van der Waals surface area contributed by atoms with Crippen LogP contribution in [0.4, 0.5) is 0 Å². The maximum absolute atomic E-state index is 6.24. The van der Waals surface area contributed by atoms with Crippen molar-refractivity contribution in [1.82, 2.24) is 14.9 Å². The monoisotopic (exact) mass is 249 g/mol. The molecular weight excluding hydrogens is 234 g/mol. The van der Waals surface area contributed by atoms with E-state index in [4.69, 9.17) is 11.6 Å². The molecule has 0 unspecified atom stereocenters. The van der Waals surface area contributed by atoms with E-state index in [-0.39, 0.29) is 0 Å². The van der Waals surface area contributed by atoms with Crippen molar-refractivity contribution in [3.8, 4) is 11.4 Å². The highest BCUT2D eigenvalue weighted by Gasteiger charge is 2.07. The molecule has 0 radical (unpaired) electrons. The molecule has 1 aromatic heterocycles. The zero-order valence-corrected chi connectivity index (χ0v) is 10.8. The zero-order chi connectivity index (χ0) is 12.3. The van der Waals surface area contributed by atoms with Crippen molar-refractivity contribution in [3.63, 3.8) is 0 Å². The maximum atomic E-state index is 6.24. The SMILES string of the molecule is CCn1ccnc1-c1ccc(CNC)c(Cl)c1. The van der Waals surface area contributed by atoms with Crippen molar-refractivity contribution >= 4 is 11.6 Å². The number of aryl methyl sites for hydroxylation is 1. The molecule has 90 valence electrons. The Kier molecular flexibility index (Phi) is 3.82. The number of nitrogens with one attached hydrogen (secondary N) is 1. The van der Waals surface area contributed by atoms with Crippen LogP contribution in [0.3, 0.4) is 0 Å². The molecule has 2 rings (SSSR count). The van der Waals surface area contributed by atoms with Crippen molar-refractivity contribution in [2.24, 2.45) is 0 Å². The van der Waals surface area contributed by atoms with Crippen LogP contribution in [0.15, 0.2) is 30.6 Å². The fraction of sp³-hybridized carbons (Fsp3) is 0.308. The first-order chi connectivity index (χ1) is 8.26. The van der Waals surface area contributed by atoms with Gasteiger partial charge >= 0.3 is 0 Å². The first-order valence-corrected chi connectivity index (χ1v) is 6.08. The van der Waals surface area contributed by atoms with Crippen LogP contribution in [0.1, 0.15) is 12.5 Å². The van der Waals surface area contributed by atoms with Crippen LogP contribution in [0.5, 0.6) is 0 Å². The van der Waals surface area contributed by atoms with E-state index in [1.807, 2.05) is 31.6 Å². The highest BCUT2D eigenvalue weighted by molar-refractivity contribution is 6.31. The lowest BCUT2D eigenvalue weighted by atomic mass is 10.1. The van der Waals surface area contributed by atoms with Crippen LogP contribution in [0.25, 0.3) is 11.4 Å². The van der Waals surface area contributed by atoms with Crippen molar-refractivity contribution in [2.75, 3.05) is 7.05 Å². The van der Waals surface area contributed by atoms with Gasteiger partial charge in [-0.15, -0.1) is 0 Å². The summed E-state index contributed by atoms with van der Waals surface area (Å²) in [7, 11) is 1.91. The number of hydrogen-bond donors (Lipinski definition) is 1. The standard InChI is InChI=1S/C13H16ClN3/c1-3-17-7-6-16-13(17)10-4-5-11(9-15-2)12(14)8-10/h4-8,15H,3,9H2,1-2H3. The Morgan fingerprint density at radius 1 is 1.41 bits per heavy atom. The van der Waals surface area contributed by atoms with Gasteiger partial charge in [0.25, 0.3) is 0 Å². The molecule has 0 bridgehead atoms. The van der Waals surface area contributed by atoms with Crippen LogP contribution >= 0.6 is 11.6 Å². The molecule has 1 aromatic carbocycles. The summed E-state index contributed by atoms with van der Waals surface area (Å²) in [5, 5.41) is 3.88. The smallest absolute Gasteiger partial charge is 0.139 e. The number of hydrogen-bond acceptors (Lipinski definition) is 2. The van der Waals surface area contributed by atoms with E-state index < -0.39 is 0 Å². The number of imidazole rings is 1. The molecule has 1 N–H and O–H groups in total. The van der Waals surface area contributed by atoms with Gasteiger partial charge in [0, 0.05) is 36.1 Å². The molecule has 0 aliphatic heterocycles. The molecule has 0 atom stereocenters. The van der Waals surface area contributed by atoms with E-state index in [0.29, 0.717) is 0 Å². The van der Waals surface area contributed by atoms with Crippen LogP contribution in [0, 0.1) is 0 Å². The van der Waals surface area contributed by atoms with Crippen LogP contribution < -0.4 is 5.32 Å². The summed E-state index contributed by atoms with van der Waals surface area (Å²) in [4.78, 5) is 4.36. The lowest BCUT2D eigenvalue weighted by molar-refractivity contribution is 0.770. The number of halogens is 1. The van der Waals surface area contributed by atoms with E-state index in [0.717, 1.165) is 35.1 Å². The molecular formula is C13H16ClN3. The van der Waals surface area contributed by atoms with Gasteiger partial charge in [-0.3, -0.25) is 0 Å². The Morgan fingerprint density at radius 3 is 2.88 bits per heavy atom. The summed E-state index contributed by atoms with van der Waals surface area (Å²) in [5.41, 5.74) is 2.16. The first kappa shape index (κ1) is 12.1. The third-order valence-electron chi connectivity index (χ3n) is 2.73. The Hall–Kier alpha value is -1.32. The summed E-state index contributed by atoms with van der Waals surface area (Å²) in [6, 6.07) is 6.08. The predicted octanol–water partition coefficient (Wildman–Crippen LogP) is 2.94. The molecule has 17 heavy (non-hydrogen) atoms. The number of nitrogens with zero attached hydrogens (tertiary/aromatic N) is 2. The highest BCUT2D eigenvalue weighted by Crippen LogP contribution is 2.24. The third-order valence-corrected chi connectivity index (χ3v) is 3.09. The molecule has 3 nitrogen and oxygen atoms in total. The molecule has 1 heterocycles. The molecule has 0 amide bonds. The average molecular weight is 250 g/mol. The van der Waals surface area contributed by atoms with Gasteiger partial charge in [0.15, 0.2) is 0 Å². The Balaban J connectivity index is 2.37. The predicted molar refractivity (Wildman–Crippen MR) is 71.1 cm³/mol. The van der Waals surface area contributed by atoms with Gasteiger partial charge in [0.1, 0.15) is 5.82 Å². The second kappa shape index (κ2) is 5.34. The molecule has 2 aromatic rings. The summed E-state index contributed by atoms with van der Waals surface area (Å²) in [5.74, 6) is 0.963. The Labute approximate surface area is 106 Å². The largest absolute Gasteiger partial charge is 0.331 e. The van der Waals surface area contributed by atoms with E-state index >= 15 is 0 Å². The fourth-order valence-corrected chi connectivity index (χ4v) is 2.09. The molecule has 0 fully saturated rings. The molecule has 4 heteroatoms. The van der Waals surface area contributed by atoms with Crippen molar-refractivity contribution in [1.29, 1.82) is 0 Å². The normalized spacial score (nSPS) is 10.8. The first-order valence-electron chi connectivity index (χ1n) is 5.70.